The Labute approximate surface area is 199 Å². The largest absolute Gasteiger partial charge is 0.383 e. The van der Waals surface area contributed by atoms with Crippen molar-refractivity contribution in [3.05, 3.63) is 93.2 Å². The summed E-state index contributed by atoms with van der Waals surface area (Å²) >= 11 is 1.76. The van der Waals surface area contributed by atoms with Crippen LogP contribution in [0.4, 0.5) is 0 Å². The molecule has 2 heterocycles. The lowest BCUT2D eigenvalue weighted by molar-refractivity contribution is -0.142. The highest BCUT2D eigenvalue weighted by atomic mass is 32.1. The number of carbonyl (C=O) groups is 2. The zero-order chi connectivity index (χ0) is 23.2. The monoisotopic (exact) mass is 462 g/mol. The number of benzene rings is 2. The third-order valence-corrected chi connectivity index (χ3v) is 7.21. The van der Waals surface area contributed by atoms with Crippen molar-refractivity contribution in [3.8, 4) is 0 Å². The van der Waals surface area contributed by atoms with Crippen LogP contribution in [0.3, 0.4) is 0 Å². The predicted molar refractivity (Wildman–Crippen MR) is 131 cm³/mol. The lowest BCUT2D eigenvalue weighted by Gasteiger charge is -2.38. The Kier molecular flexibility index (Phi) is 7.57. The Morgan fingerprint density at radius 3 is 2.58 bits per heavy atom. The van der Waals surface area contributed by atoms with Crippen LogP contribution in [-0.4, -0.2) is 55.0 Å². The first-order chi connectivity index (χ1) is 16.1. The molecular weight excluding hydrogens is 432 g/mol. The minimum absolute atomic E-state index is 0.0300. The van der Waals surface area contributed by atoms with Crippen LogP contribution in [0.25, 0.3) is 0 Å². The second-order valence-corrected chi connectivity index (χ2v) is 9.37. The van der Waals surface area contributed by atoms with Gasteiger partial charge < -0.3 is 14.5 Å². The van der Waals surface area contributed by atoms with Crippen LogP contribution in [0.15, 0.2) is 66.0 Å². The van der Waals surface area contributed by atoms with Crippen LogP contribution in [0.5, 0.6) is 0 Å². The third-order valence-electron chi connectivity index (χ3n) is 6.21. The SMILES string of the molecule is COCCN(CC(=O)N1CCc2sccc2C1c1ccccc1C)C(=O)Cc1ccccc1. The number of amides is 2. The Morgan fingerprint density at radius 2 is 1.82 bits per heavy atom. The van der Waals surface area contributed by atoms with E-state index in [-0.39, 0.29) is 30.8 Å². The summed E-state index contributed by atoms with van der Waals surface area (Å²) in [5.41, 5.74) is 4.45. The third kappa shape index (κ3) is 5.34. The fraction of sp³-hybridized carbons (Fsp3) is 0.333. The summed E-state index contributed by atoms with van der Waals surface area (Å²) in [6.45, 7) is 3.57. The summed E-state index contributed by atoms with van der Waals surface area (Å²) < 4.78 is 5.22. The molecule has 4 rings (SSSR count). The Morgan fingerprint density at radius 1 is 1.06 bits per heavy atom. The molecule has 1 unspecified atom stereocenters. The van der Waals surface area contributed by atoms with Gasteiger partial charge in [0.1, 0.15) is 0 Å². The molecule has 1 aliphatic heterocycles. The summed E-state index contributed by atoms with van der Waals surface area (Å²) in [5, 5.41) is 2.11. The first kappa shape index (κ1) is 23.2. The van der Waals surface area contributed by atoms with Gasteiger partial charge >= 0.3 is 0 Å². The summed E-state index contributed by atoms with van der Waals surface area (Å²) in [5.74, 6) is -0.0927. The van der Waals surface area contributed by atoms with Crippen LogP contribution in [-0.2, 0) is 27.2 Å². The number of hydrogen-bond donors (Lipinski definition) is 0. The normalized spacial score (nSPS) is 15.2. The first-order valence-corrected chi connectivity index (χ1v) is 12.2. The molecular formula is C27H30N2O3S. The van der Waals surface area contributed by atoms with Crippen molar-refractivity contribution in [3.63, 3.8) is 0 Å². The molecule has 1 atom stereocenters. The van der Waals surface area contributed by atoms with Gasteiger partial charge in [-0.15, -0.1) is 11.3 Å². The van der Waals surface area contributed by atoms with Crippen molar-refractivity contribution >= 4 is 23.2 Å². The van der Waals surface area contributed by atoms with Crippen molar-refractivity contribution in [1.82, 2.24) is 9.80 Å². The zero-order valence-corrected chi connectivity index (χ0v) is 20.0. The fourth-order valence-electron chi connectivity index (χ4n) is 4.44. The Bertz CT molecular complexity index is 1100. The van der Waals surface area contributed by atoms with Crippen LogP contribution in [0.2, 0.25) is 0 Å². The summed E-state index contributed by atoms with van der Waals surface area (Å²) in [6.07, 6.45) is 1.12. The van der Waals surface area contributed by atoms with Crippen LogP contribution in [0, 0.1) is 6.92 Å². The molecule has 1 aromatic heterocycles. The van der Waals surface area contributed by atoms with E-state index in [2.05, 4.69) is 30.5 Å². The lowest BCUT2D eigenvalue weighted by Crippen LogP contribution is -2.47. The number of ether oxygens (including phenoxy) is 1. The van der Waals surface area contributed by atoms with Crippen molar-refractivity contribution < 1.29 is 14.3 Å². The van der Waals surface area contributed by atoms with Gasteiger partial charge in [0.15, 0.2) is 0 Å². The van der Waals surface area contributed by atoms with Crippen LogP contribution in [0.1, 0.15) is 33.2 Å². The molecule has 0 bridgehead atoms. The molecule has 6 heteroatoms. The van der Waals surface area contributed by atoms with E-state index < -0.39 is 0 Å². The van der Waals surface area contributed by atoms with Gasteiger partial charge in [-0.1, -0.05) is 54.6 Å². The summed E-state index contributed by atoms with van der Waals surface area (Å²) in [4.78, 5) is 31.7. The van der Waals surface area contributed by atoms with Gasteiger partial charge in [0.25, 0.3) is 0 Å². The molecule has 5 nitrogen and oxygen atoms in total. The van der Waals surface area contributed by atoms with Gasteiger partial charge in [-0.25, -0.2) is 0 Å². The minimum Gasteiger partial charge on any atom is -0.383 e. The zero-order valence-electron chi connectivity index (χ0n) is 19.2. The number of rotatable bonds is 8. The number of fused-ring (bicyclic) bond motifs is 1. The average molecular weight is 463 g/mol. The highest BCUT2D eigenvalue weighted by Crippen LogP contribution is 2.39. The second kappa shape index (κ2) is 10.8. The van der Waals surface area contributed by atoms with Gasteiger partial charge in [-0.05, 0) is 47.0 Å². The molecule has 0 saturated heterocycles. The molecule has 0 saturated carbocycles. The highest BCUT2D eigenvalue weighted by molar-refractivity contribution is 7.10. The smallest absolute Gasteiger partial charge is 0.242 e. The molecule has 1 aliphatic rings. The predicted octanol–water partition coefficient (Wildman–Crippen LogP) is 4.25. The molecule has 2 amide bonds. The number of nitrogens with zero attached hydrogens (tertiary/aromatic N) is 2. The van der Waals surface area contributed by atoms with Gasteiger partial charge in [0.2, 0.25) is 11.8 Å². The molecule has 0 radical (unpaired) electrons. The van der Waals surface area contributed by atoms with E-state index in [0.29, 0.717) is 19.7 Å². The van der Waals surface area contributed by atoms with Gasteiger partial charge in [0, 0.05) is 25.1 Å². The number of aryl methyl sites for hydroxylation is 1. The maximum atomic E-state index is 13.6. The quantitative estimate of drug-likeness (QED) is 0.503. The van der Waals surface area contributed by atoms with E-state index in [1.807, 2.05) is 47.4 Å². The topological polar surface area (TPSA) is 49.9 Å². The molecule has 172 valence electrons. The van der Waals surface area contributed by atoms with E-state index in [1.165, 1.54) is 10.4 Å². The van der Waals surface area contributed by atoms with Gasteiger partial charge in [-0.2, -0.15) is 0 Å². The first-order valence-electron chi connectivity index (χ1n) is 11.3. The molecule has 3 aromatic rings. The molecule has 0 aliphatic carbocycles. The number of hydrogen-bond acceptors (Lipinski definition) is 4. The Balaban J connectivity index is 1.57. The maximum absolute atomic E-state index is 13.6. The van der Waals surface area contributed by atoms with Crippen molar-refractivity contribution in [1.29, 1.82) is 0 Å². The summed E-state index contributed by atoms with van der Waals surface area (Å²) in [6, 6.07) is 19.9. The van der Waals surface area contributed by atoms with E-state index >= 15 is 0 Å². The molecule has 0 fully saturated rings. The van der Waals surface area contributed by atoms with E-state index in [9.17, 15) is 9.59 Å². The van der Waals surface area contributed by atoms with Gasteiger partial charge in [-0.3, -0.25) is 9.59 Å². The van der Waals surface area contributed by atoms with Crippen molar-refractivity contribution in [2.75, 3.05) is 33.4 Å². The van der Waals surface area contributed by atoms with Crippen molar-refractivity contribution in [2.45, 2.75) is 25.8 Å². The second-order valence-electron chi connectivity index (χ2n) is 8.37. The minimum atomic E-state index is -0.123. The Hall–Kier alpha value is -2.96. The molecule has 0 N–H and O–H groups in total. The van der Waals surface area contributed by atoms with E-state index in [4.69, 9.17) is 4.74 Å². The van der Waals surface area contributed by atoms with E-state index in [1.54, 1.807) is 23.3 Å². The van der Waals surface area contributed by atoms with Crippen LogP contribution >= 0.6 is 11.3 Å². The van der Waals surface area contributed by atoms with E-state index in [0.717, 1.165) is 23.1 Å². The van der Waals surface area contributed by atoms with Crippen molar-refractivity contribution in [2.24, 2.45) is 0 Å². The number of methoxy groups -OCH3 is 1. The summed E-state index contributed by atoms with van der Waals surface area (Å²) in [7, 11) is 1.61. The maximum Gasteiger partial charge on any atom is 0.242 e. The van der Waals surface area contributed by atoms with Gasteiger partial charge in [0.05, 0.1) is 25.6 Å². The molecule has 0 spiro atoms. The number of thiophene rings is 1. The molecule has 33 heavy (non-hydrogen) atoms. The standard InChI is InChI=1S/C27H30N2O3S/c1-20-8-6-7-11-22(20)27-23-13-17-33-24(23)12-14-29(27)26(31)19-28(15-16-32-2)25(30)18-21-9-4-3-5-10-21/h3-11,13,17,27H,12,14-16,18-19H2,1-2H3. The fourth-order valence-corrected chi connectivity index (χ4v) is 5.35. The van der Waals surface area contributed by atoms with Crippen LogP contribution < -0.4 is 0 Å². The lowest BCUT2D eigenvalue weighted by atomic mass is 9.90. The average Bonchev–Trinajstić information content (AvgIpc) is 3.31. The number of carbonyl (C=O) groups excluding carboxylic acids is 2. The molecule has 2 aromatic carbocycles. The highest BCUT2D eigenvalue weighted by Gasteiger charge is 2.34.